The smallest absolute Gasteiger partial charge is 0.267 e. The van der Waals surface area contributed by atoms with E-state index in [-0.39, 0.29) is 18.0 Å². The van der Waals surface area contributed by atoms with Crippen LogP contribution < -0.4 is 25.4 Å². The van der Waals surface area contributed by atoms with Crippen molar-refractivity contribution in [2.24, 2.45) is 0 Å². The van der Waals surface area contributed by atoms with Crippen LogP contribution in [-0.4, -0.2) is 49.0 Å². The Kier molecular flexibility index (Phi) is 6.69. The fourth-order valence-electron chi connectivity index (χ4n) is 3.70. The van der Waals surface area contributed by atoms with Crippen LogP contribution in [-0.2, 0) is 17.9 Å². The number of ether oxygens (including phenoxy) is 1. The van der Waals surface area contributed by atoms with Gasteiger partial charge in [0.1, 0.15) is 18.1 Å². The first-order valence-corrected chi connectivity index (χ1v) is 10.6. The molecule has 1 aliphatic heterocycles. The Labute approximate surface area is 187 Å². The molecule has 1 aromatic heterocycles. The molecule has 0 bridgehead atoms. The normalized spacial score (nSPS) is 13.7. The average Bonchev–Trinajstić information content (AvgIpc) is 2.85. The number of nitrogens with zero attached hydrogens (tertiary/aromatic N) is 4. The maximum Gasteiger partial charge on any atom is 0.267 e. The molecule has 1 amide bonds. The van der Waals surface area contributed by atoms with E-state index in [2.05, 4.69) is 32.3 Å². The second-order valence-corrected chi connectivity index (χ2v) is 7.62. The number of rotatable bonds is 7. The average molecular weight is 434 g/mol. The van der Waals surface area contributed by atoms with Gasteiger partial charge in [-0.3, -0.25) is 9.59 Å². The van der Waals surface area contributed by atoms with Gasteiger partial charge >= 0.3 is 0 Å². The molecule has 0 spiro atoms. The van der Waals surface area contributed by atoms with Crippen molar-refractivity contribution in [3.05, 3.63) is 82.6 Å². The number of nitrogens with one attached hydrogen (secondary N) is 1. The highest BCUT2D eigenvalue weighted by atomic mass is 16.5. The van der Waals surface area contributed by atoms with Gasteiger partial charge in [0.25, 0.3) is 5.56 Å². The van der Waals surface area contributed by atoms with Gasteiger partial charge in [0.05, 0.1) is 7.11 Å². The third kappa shape index (κ3) is 5.26. The maximum atomic E-state index is 12.3. The number of hydrogen-bond acceptors (Lipinski definition) is 6. The highest BCUT2D eigenvalue weighted by Crippen LogP contribution is 2.21. The molecule has 166 valence electrons. The summed E-state index contributed by atoms with van der Waals surface area (Å²) in [5.41, 5.74) is 1.86. The number of piperazine rings is 1. The van der Waals surface area contributed by atoms with Gasteiger partial charge in [0.15, 0.2) is 0 Å². The third-order valence-corrected chi connectivity index (χ3v) is 5.52. The fourth-order valence-corrected chi connectivity index (χ4v) is 3.70. The number of carbonyl (C=O) groups is 1. The molecular formula is C24H27N5O3. The van der Waals surface area contributed by atoms with Gasteiger partial charge in [-0.15, -0.1) is 0 Å². The molecule has 0 radical (unpaired) electrons. The van der Waals surface area contributed by atoms with Crippen molar-refractivity contribution < 1.29 is 9.53 Å². The van der Waals surface area contributed by atoms with Gasteiger partial charge in [-0.1, -0.05) is 30.3 Å². The quantitative estimate of drug-likeness (QED) is 0.613. The second-order valence-electron chi connectivity index (χ2n) is 7.62. The zero-order valence-corrected chi connectivity index (χ0v) is 18.1. The minimum Gasteiger partial charge on any atom is -0.497 e. The Morgan fingerprint density at radius 1 is 0.938 bits per heavy atom. The van der Waals surface area contributed by atoms with Crippen molar-refractivity contribution in [3.8, 4) is 5.75 Å². The Morgan fingerprint density at radius 2 is 1.62 bits per heavy atom. The number of anilines is 2. The molecule has 0 saturated carbocycles. The standard InChI is InChI=1S/C24H27N5O3/c1-32-21-9-7-20(8-10-21)27-13-15-28(16-14-27)22-11-12-24(31)29(26-22)18-23(30)25-17-19-5-3-2-4-6-19/h2-12H,13-18H2,1H3,(H,25,30). The van der Waals surface area contributed by atoms with Crippen LogP contribution in [0.4, 0.5) is 11.5 Å². The first kappa shape index (κ1) is 21.4. The number of hydrogen-bond donors (Lipinski definition) is 1. The van der Waals surface area contributed by atoms with Crippen LogP contribution in [0.25, 0.3) is 0 Å². The van der Waals surface area contributed by atoms with E-state index in [4.69, 9.17) is 4.74 Å². The van der Waals surface area contributed by atoms with E-state index in [0.717, 1.165) is 43.2 Å². The predicted octanol–water partition coefficient (Wildman–Crippen LogP) is 1.89. The van der Waals surface area contributed by atoms with Gasteiger partial charge in [-0.25, -0.2) is 4.68 Å². The van der Waals surface area contributed by atoms with Crippen LogP contribution in [0.5, 0.6) is 5.75 Å². The minimum atomic E-state index is -0.291. The van der Waals surface area contributed by atoms with Crippen LogP contribution in [0.1, 0.15) is 5.56 Å². The van der Waals surface area contributed by atoms with Gasteiger partial charge < -0.3 is 19.9 Å². The van der Waals surface area contributed by atoms with E-state index in [1.165, 1.54) is 10.7 Å². The molecule has 8 nitrogen and oxygen atoms in total. The Bertz CT molecular complexity index is 1090. The van der Waals surface area contributed by atoms with E-state index < -0.39 is 0 Å². The molecule has 32 heavy (non-hydrogen) atoms. The lowest BCUT2D eigenvalue weighted by molar-refractivity contribution is -0.122. The summed E-state index contributed by atoms with van der Waals surface area (Å²) in [4.78, 5) is 29.0. The first-order chi connectivity index (χ1) is 15.6. The summed E-state index contributed by atoms with van der Waals surface area (Å²) in [6.45, 7) is 3.54. The summed E-state index contributed by atoms with van der Waals surface area (Å²) in [6, 6.07) is 20.9. The maximum absolute atomic E-state index is 12.3. The summed E-state index contributed by atoms with van der Waals surface area (Å²) in [6.07, 6.45) is 0. The molecule has 4 rings (SSSR count). The van der Waals surface area contributed by atoms with Gasteiger partial charge in [-0.2, -0.15) is 5.10 Å². The van der Waals surface area contributed by atoms with Crippen molar-refractivity contribution in [2.75, 3.05) is 43.1 Å². The molecule has 2 heterocycles. The molecular weight excluding hydrogens is 406 g/mol. The summed E-state index contributed by atoms with van der Waals surface area (Å²) < 4.78 is 6.45. The number of aromatic nitrogens is 2. The summed E-state index contributed by atoms with van der Waals surface area (Å²) in [5, 5.41) is 7.28. The number of amides is 1. The van der Waals surface area contributed by atoms with E-state index >= 15 is 0 Å². The monoisotopic (exact) mass is 433 g/mol. The Morgan fingerprint density at radius 3 is 2.31 bits per heavy atom. The molecule has 1 N–H and O–H groups in total. The molecule has 2 aromatic carbocycles. The van der Waals surface area contributed by atoms with E-state index in [1.807, 2.05) is 42.5 Å². The topological polar surface area (TPSA) is 79.7 Å². The first-order valence-electron chi connectivity index (χ1n) is 10.6. The number of benzene rings is 2. The molecule has 3 aromatic rings. The van der Waals surface area contributed by atoms with Crippen molar-refractivity contribution in [2.45, 2.75) is 13.1 Å². The lowest BCUT2D eigenvalue weighted by Gasteiger charge is -2.36. The summed E-state index contributed by atoms with van der Waals surface area (Å²) in [7, 11) is 1.66. The molecule has 0 unspecified atom stereocenters. The molecule has 0 atom stereocenters. The van der Waals surface area contributed by atoms with Crippen molar-refractivity contribution in [1.82, 2.24) is 15.1 Å². The van der Waals surface area contributed by atoms with Crippen LogP contribution in [0.3, 0.4) is 0 Å². The Hall–Kier alpha value is -3.81. The van der Waals surface area contributed by atoms with E-state index in [9.17, 15) is 9.59 Å². The molecule has 1 aliphatic rings. The van der Waals surface area contributed by atoms with Crippen LogP contribution in [0.2, 0.25) is 0 Å². The highest BCUT2D eigenvalue weighted by Gasteiger charge is 2.19. The SMILES string of the molecule is COc1ccc(N2CCN(c3ccc(=O)n(CC(=O)NCc4ccccc4)n3)CC2)cc1. The zero-order valence-electron chi connectivity index (χ0n) is 18.1. The van der Waals surface area contributed by atoms with Crippen molar-refractivity contribution >= 4 is 17.4 Å². The lowest BCUT2D eigenvalue weighted by atomic mass is 10.2. The van der Waals surface area contributed by atoms with Crippen molar-refractivity contribution in [3.63, 3.8) is 0 Å². The number of methoxy groups -OCH3 is 1. The summed E-state index contributed by atoms with van der Waals surface area (Å²) in [5.74, 6) is 1.30. The van der Waals surface area contributed by atoms with Gasteiger partial charge in [-0.05, 0) is 35.9 Å². The molecule has 0 aliphatic carbocycles. The zero-order chi connectivity index (χ0) is 22.3. The number of carbonyl (C=O) groups excluding carboxylic acids is 1. The van der Waals surface area contributed by atoms with Crippen LogP contribution in [0, 0.1) is 0 Å². The lowest BCUT2D eigenvalue weighted by Crippen LogP contribution is -2.47. The Balaban J connectivity index is 1.35. The minimum absolute atomic E-state index is 0.106. The fraction of sp³-hybridized carbons (Fsp3) is 0.292. The van der Waals surface area contributed by atoms with Crippen LogP contribution in [0.15, 0.2) is 71.5 Å². The van der Waals surface area contributed by atoms with Crippen LogP contribution >= 0.6 is 0 Å². The van der Waals surface area contributed by atoms with E-state index in [1.54, 1.807) is 13.2 Å². The molecule has 1 saturated heterocycles. The third-order valence-electron chi connectivity index (χ3n) is 5.52. The highest BCUT2D eigenvalue weighted by molar-refractivity contribution is 5.75. The summed E-state index contributed by atoms with van der Waals surface area (Å²) >= 11 is 0. The van der Waals surface area contributed by atoms with Gasteiger partial charge in [0.2, 0.25) is 5.91 Å². The predicted molar refractivity (Wildman–Crippen MR) is 124 cm³/mol. The van der Waals surface area contributed by atoms with Crippen molar-refractivity contribution in [1.29, 1.82) is 0 Å². The second kappa shape index (κ2) is 10.00. The van der Waals surface area contributed by atoms with Gasteiger partial charge in [0, 0.05) is 44.5 Å². The van der Waals surface area contributed by atoms with E-state index in [0.29, 0.717) is 12.4 Å². The largest absolute Gasteiger partial charge is 0.497 e. The molecule has 1 fully saturated rings. The molecule has 8 heteroatoms.